The van der Waals surface area contributed by atoms with Crippen molar-refractivity contribution in [3.63, 3.8) is 0 Å². The molecule has 0 bridgehead atoms. The van der Waals surface area contributed by atoms with Gasteiger partial charge in [0.05, 0.1) is 35.4 Å². The summed E-state index contributed by atoms with van der Waals surface area (Å²) in [6.45, 7) is 0.000156. The Morgan fingerprint density at radius 2 is 1.75 bits per heavy atom. The maximum absolute atomic E-state index is 14.4. The number of aliphatic hydroxyl groups is 5. The number of aliphatic hydroxyl groups excluding tert-OH is 3. The van der Waals surface area contributed by atoms with Crippen LogP contribution < -0.4 is 10.1 Å². The van der Waals surface area contributed by atoms with Crippen molar-refractivity contribution in [1.29, 1.82) is 0 Å². The SMILES string of the molecule is CNCC1CC2C(OC3C(C(=O)Oc4c(CO)[nH]c5ccc6cc7ccccc7cc6c45)OC4(O)C(O)C=CC2C34O)C(Cc2ccc(O)cc2)C1O. The number of carbonyl (C=O) groups excluding carboxylic acids is 1. The molecule has 12 heteroatoms. The van der Waals surface area contributed by atoms with Gasteiger partial charge < -0.3 is 55.2 Å². The van der Waals surface area contributed by atoms with Gasteiger partial charge in [0, 0.05) is 18.4 Å². The van der Waals surface area contributed by atoms with E-state index >= 15 is 0 Å². The van der Waals surface area contributed by atoms with Crippen LogP contribution in [0.5, 0.6) is 11.5 Å². The maximum Gasteiger partial charge on any atom is 0.343 e. The average molecular weight is 723 g/mol. The highest BCUT2D eigenvalue weighted by Crippen LogP contribution is 2.59. The van der Waals surface area contributed by atoms with Crippen molar-refractivity contribution in [3.8, 4) is 11.5 Å². The number of phenolic OH excluding ortho intramolecular Hbond substituents is 1. The molecule has 11 unspecified atom stereocenters. The van der Waals surface area contributed by atoms with E-state index in [9.17, 15) is 35.4 Å². The van der Waals surface area contributed by atoms with Gasteiger partial charge in [-0.3, -0.25) is 0 Å². The van der Waals surface area contributed by atoms with Crippen LogP contribution in [0.4, 0.5) is 0 Å². The van der Waals surface area contributed by atoms with E-state index in [1.54, 1.807) is 37.4 Å². The second-order valence-electron chi connectivity index (χ2n) is 15.1. The zero-order chi connectivity index (χ0) is 36.8. The van der Waals surface area contributed by atoms with E-state index < -0.39 is 72.2 Å². The first-order chi connectivity index (χ1) is 25.5. The summed E-state index contributed by atoms with van der Waals surface area (Å²) in [7, 11) is 1.80. The van der Waals surface area contributed by atoms with Crippen molar-refractivity contribution >= 4 is 38.4 Å². The highest BCUT2D eigenvalue weighted by Gasteiger charge is 2.77. The third kappa shape index (κ3) is 5.09. The Labute approximate surface area is 304 Å². The van der Waals surface area contributed by atoms with E-state index in [0.29, 0.717) is 30.3 Å². The zero-order valence-electron chi connectivity index (χ0n) is 28.9. The van der Waals surface area contributed by atoms with E-state index in [-0.39, 0.29) is 23.1 Å². The Morgan fingerprint density at radius 3 is 2.49 bits per heavy atom. The highest BCUT2D eigenvalue weighted by molar-refractivity contribution is 6.14. The lowest BCUT2D eigenvalue weighted by atomic mass is 9.56. The molecule has 3 fully saturated rings. The molecule has 53 heavy (non-hydrogen) atoms. The highest BCUT2D eigenvalue weighted by atomic mass is 16.7. The number of hydrogen-bond acceptors (Lipinski definition) is 11. The number of fused-ring (bicyclic) bond motifs is 6. The minimum absolute atomic E-state index is 0.0722. The molecular weight excluding hydrogens is 680 g/mol. The number of esters is 1. The molecule has 12 nitrogen and oxygen atoms in total. The number of carbonyl (C=O) groups is 1. The third-order valence-electron chi connectivity index (χ3n) is 12.2. The van der Waals surface area contributed by atoms with E-state index in [4.69, 9.17) is 14.2 Å². The fourth-order valence-corrected chi connectivity index (χ4v) is 9.77. The normalized spacial score (nSPS) is 34.7. The molecule has 9 rings (SSSR count). The number of aromatic amines is 1. The predicted octanol–water partition coefficient (Wildman–Crippen LogP) is 2.79. The monoisotopic (exact) mass is 722 g/mol. The Kier molecular flexibility index (Phi) is 8.18. The first kappa shape index (κ1) is 34.4. The maximum atomic E-state index is 14.4. The lowest BCUT2D eigenvalue weighted by Crippen LogP contribution is -2.74. The lowest BCUT2D eigenvalue weighted by Gasteiger charge is -2.58. The molecule has 0 radical (unpaired) electrons. The van der Waals surface area contributed by atoms with Crippen molar-refractivity contribution in [1.82, 2.24) is 10.3 Å². The third-order valence-corrected chi connectivity index (χ3v) is 12.2. The summed E-state index contributed by atoms with van der Waals surface area (Å²) in [5.41, 5.74) is -0.557. The molecular formula is C41H42N2O10. The Balaban J connectivity index is 1.12. The van der Waals surface area contributed by atoms with Crippen LogP contribution in [0.2, 0.25) is 0 Å². The van der Waals surface area contributed by atoms with Crippen molar-refractivity contribution < 1.29 is 49.6 Å². The molecule has 5 aromatic rings. The van der Waals surface area contributed by atoms with E-state index in [2.05, 4.69) is 10.3 Å². The molecule has 2 saturated heterocycles. The largest absolute Gasteiger partial charge is 0.508 e. The smallest absolute Gasteiger partial charge is 0.343 e. The number of ether oxygens (including phenoxy) is 3. The minimum atomic E-state index is -2.63. The zero-order valence-corrected chi connectivity index (χ0v) is 28.9. The molecule has 4 aliphatic rings. The number of aromatic nitrogens is 1. The first-order valence-corrected chi connectivity index (χ1v) is 18.1. The fraction of sp³-hybridized carbons (Fsp3) is 0.390. The van der Waals surface area contributed by atoms with Gasteiger partial charge in [0.15, 0.2) is 17.5 Å². The molecule has 1 aromatic heterocycles. The van der Waals surface area contributed by atoms with Gasteiger partial charge in [0.2, 0.25) is 5.79 Å². The van der Waals surface area contributed by atoms with Crippen molar-refractivity contribution in [2.75, 3.05) is 13.6 Å². The van der Waals surface area contributed by atoms with Crippen LogP contribution in [0, 0.1) is 23.7 Å². The molecule has 2 aliphatic heterocycles. The lowest BCUT2D eigenvalue weighted by molar-refractivity contribution is -0.339. The van der Waals surface area contributed by atoms with E-state index in [1.165, 1.54) is 6.08 Å². The van der Waals surface area contributed by atoms with Gasteiger partial charge >= 0.3 is 5.97 Å². The molecule has 2 aliphatic carbocycles. The average Bonchev–Trinajstić information content (AvgIpc) is 3.63. The molecule has 3 heterocycles. The van der Waals surface area contributed by atoms with Gasteiger partial charge in [-0.1, -0.05) is 54.6 Å². The Morgan fingerprint density at radius 1 is 1.00 bits per heavy atom. The van der Waals surface area contributed by atoms with Crippen molar-refractivity contribution in [2.45, 2.75) is 61.4 Å². The summed E-state index contributed by atoms with van der Waals surface area (Å²) < 4.78 is 18.9. The topological polar surface area (TPSA) is 194 Å². The summed E-state index contributed by atoms with van der Waals surface area (Å²) in [6.07, 6.45) is -2.64. The molecule has 276 valence electrons. The van der Waals surface area contributed by atoms with Crippen LogP contribution in [-0.2, 0) is 27.3 Å². The molecule has 8 N–H and O–H groups in total. The summed E-state index contributed by atoms with van der Waals surface area (Å²) in [6, 6.07) is 22.4. The second-order valence-corrected chi connectivity index (χ2v) is 15.1. The van der Waals surface area contributed by atoms with Crippen LogP contribution in [0.3, 0.4) is 0 Å². The number of hydrogen-bond donors (Lipinski definition) is 8. The molecule has 1 saturated carbocycles. The quantitative estimate of drug-likeness (QED) is 0.0700. The van der Waals surface area contributed by atoms with Crippen LogP contribution in [0.1, 0.15) is 17.7 Å². The van der Waals surface area contributed by atoms with Crippen molar-refractivity contribution in [3.05, 3.63) is 96.2 Å². The Hall–Kier alpha value is -4.37. The second kappa shape index (κ2) is 12.6. The summed E-state index contributed by atoms with van der Waals surface area (Å²) in [5.74, 6) is -5.46. The van der Waals surface area contributed by atoms with Crippen LogP contribution in [0.25, 0.3) is 32.4 Å². The molecule has 11 atom stereocenters. The molecule has 0 amide bonds. The summed E-state index contributed by atoms with van der Waals surface area (Å²) in [4.78, 5) is 17.6. The first-order valence-electron chi connectivity index (χ1n) is 18.1. The molecule has 0 spiro atoms. The van der Waals surface area contributed by atoms with Gasteiger partial charge in [0.1, 0.15) is 18.0 Å². The number of phenols is 1. The van der Waals surface area contributed by atoms with Gasteiger partial charge in [-0.25, -0.2) is 4.79 Å². The summed E-state index contributed by atoms with van der Waals surface area (Å²) in [5, 5.41) is 75.3. The fourth-order valence-electron chi connectivity index (χ4n) is 9.77. The summed E-state index contributed by atoms with van der Waals surface area (Å²) >= 11 is 0. The van der Waals surface area contributed by atoms with Gasteiger partial charge in [-0.05, 0) is 89.2 Å². The van der Waals surface area contributed by atoms with Gasteiger partial charge in [0.25, 0.3) is 0 Å². The predicted molar refractivity (Wildman–Crippen MR) is 194 cm³/mol. The number of H-pyrrole nitrogens is 1. The van der Waals surface area contributed by atoms with Gasteiger partial charge in [-0.15, -0.1) is 0 Å². The number of rotatable bonds is 7. The van der Waals surface area contributed by atoms with E-state index in [1.807, 2.05) is 48.5 Å². The Bertz CT molecular complexity index is 2250. The van der Waals surface area contributed by atoms with Crippen LogP contribution in [-0.4, -0.2) is 97.1 Å². The van der Waals surface area contributed by atoms with E-state index in [0.717, 1.165) is 27.1 Å². The molecule has 4 aromatic carbocycles. The standard InChI is InChI=1S/C41H42N2O10/c1-42-18-24-17-27-29-11-13-32(46)41(50)40(29,49)38(51-35(27)28(34(24)47)14-20-6-9-25(45)10-7-20)37(53-41)39(48)52-36-31(19-44)43-30-12-8-23-15-21-4-2-3-5-22(21)16-26(23)33(30)36/h2-13,15-16,24,27-29,32,34-35,37-38,42-47,49-50H,14,17-19H2,1H3. The minimum Gasteiger partial charge on any atom is -0.508 e. The van der Waals surface area contributed by atoms with Crippen molar-refractivity contribution in [2.24, 2.45) is 23.7 Å². The van der Waals surface area contributed by atoms with Crippen LogP contribution >= 0.6 is 0 Å². The van der Waals surface area contributed by atoms with Gasteiger partial charge in [-0.2, -0.15) is 0 Å². The number of aromatic hydroxyl groups is 1. The number of benzene rings is 4. The number of nitrogens with one attached hydrogen (secondary N) is 2. The van der Waals surface area contributed by atoms with Crippen LogP contribution in [0.15, 0.2) is 84.9 Å².